The number of hydrogen-bond donors (Lipinski definition) is 1. The van der Waals surface area contributed by atoms with Crippen molar-refractivity contribution in [2.24, 2.45) is 4.99 Å². The molecule has 1 heterocycles. The minimum atomic E-state index is -0.642. The Bertz CT molecular complexity index is 1090. The van der Waals surface area contributed by atoms with Crippen LogP contribution in [0.2, 0.25) is 0 Å². The molecule has 9 nitrogen and oxygen atoms in total. The number of rotatable bonds is 7. The highest BCUT2D eigenvalue weighted by atomic mass is 16.6. The van der Waals surface area contributed by atoms with Gasteiger partial charge in [-0.05, 0) is 55.8 Å². The number of nitrogens with zero attached hydrogens (tertiary/aromatic N) is 3. The van der Waals surface area contributed by atoms with E-state index in [9.17, 15) is 19.7 Å². The van der Waals surface area contributed by atoms with Crippen LogP contribution in [0.5, 0.6) is 0 Å². The van der Waals surface area contributed by atoms with Crippen LogP contribution in [0.1, 0.15) is 31.9 Å². The molecule has 2 aromatic rings. The summed E-state index contributed by atoms with van der Waals surface area (Å²) in [5, 5.41) is 14.2. The molecule has 2 aromatic carbocycles. The Morgan fingerprint density at radius 2 is 1.87 bits per heavy atom. The Labute approximate surface area is 179 Å². The maximum Gasteiger partial charge on any atom is 0.363 e. The first-order valence-electron chi connectivity index (χ1n) is 9.76. The number of aliphatic imine (C=N–C) groups is 1. The number of esters is 1. The highest BCUT2D eigenvalue weighted by Crippen LogP contribution is 2.30. The van der Waals surface area contributed by atoms with Gasteiger partial charge < -0.3 is 15.0 Å². The molecule has 1 amide bonds. The minimum Gasteiger partial charge on any atom is -0.402 e. The average molecular weight is 422 g/mol. The monoisotopic (exact) mass is 422 g/mol. The van der Waals surface area contributed by atoms with Crippen molar-refractivity contribution in [1.82, 2.24) is 0 Å². The number of hydrogen-bond acceptors (Lipinski definition) is 7. The minimum absolute atomic E-state index is 0.0397. The molecular weight excluding hydrogens is 400 g/mol. The largest absolute Gasteiger partial charge is 0.402 e. The highest BCUT2D eigenvalue weighted by molar-refractivity contribution is 6.13. The van der Waals surface area contributed by atoms with E-state index in [2.05, 4.69) is 10.3 Å². The Morgan fingerprint density at radius 3 is 2.45 bits per heavy atom. The van der Waals surface area contributed by atoms with Crippen molar-refractivity contribution in [2.75, 3.05) is 23.3 Å². The third-order valence-electron chi connectivity index (χ3n) is 4.68. The first kappa shape index (κ1) is 21.7. The van der Waals surface area contributed by atoms with Gasteiger partial charge in [0.25, 0.3) is 5.69 Å². The molecule has 1 aliphatic rings. The molecule has 0 aromatic heterocycles. The fourth-order valence-electron chi connectivity index (χ4n) is 3.20. The SMILES string of the molecule is CCN(CC)c1ccc(C=C2N=C(c3ccc(NC(C)=O)cc3)OC2=O)cc1[N+](=O)[O-]. The Hall–Kier alpha value is -4.01. The van der Waals surface area contributed by atoms with Gasteiger partial charge in [0.1, 0.15) is 5.69 Å². The summed E-state index contributed by atoms with van der Waals surface area (Å²) in [6, 6.07) is 11.5. The van der Waals surface area contributed by atoms with E-state index in [0.29, 0.717) is 35.6 Å². The van der Waals surface area contributed by atoms with Gasteiger partial charge in [0.05, 0.1) is 4.92 Å². The number of nitro groups is 1. The highest BCUT2D eigenvalue weighted by Gasteiger charge is 2.25. The second kappa shape index (κ2) is 9.21. The van der Waals surface area contributed by atoms with E-state index in [1.165, 1.54) is 19.1 Å². The van der Waals surface area contributed by atoms with E-state index < -0.39 is 10.9 Å². The Morgan fingerprint density at radius 1 is 1.19 bits per heavy atom. The number of anilines is 2. The molecule has 0 saturated carbocycles. The van der Waals surface area contributed by atoms with Crippen molar-refractivity contribution >= 4 is 40.9 Å². The van der Waals surface area contributed by atoms with Crippen molar-refractivity contribution in [3.63, 3.8) is 0 Å². The van der Waals surface area contributed by atoms with E-state index in [0.717, 1.165) is 0 Å². The molecule has 0 fully saturated rings. The molecule has 0 bridgehead atoms. The van der Waals surface area contributed by atoms with Crippen molar-refractivity contribution in [3.8, 4) is 0 Å². The predicted octanol–water partition coefficient (Wildman–Crippen LogP) is 3.74. The lowest BCUT2D eigenvalue weighted by Gasteiger charge is -2.20. The molecule has 1 aliphatic heterocycles. The third kappa shape index (κ3) is 4.95. The number of amides is 1. The van der Waals surface area contributed by atoms with Gasteiger partial charge in [0, 0.05) is 37.3 Å². The van der Waals surface area contributed by atoms with Gasteiger partial charge >= 0.3 is 5.97 Å². The lowest BCUT2D eigenvalue weighted by atomic mass is 10.1. The summed E-state index contributed by atoms with van der Waals surface area (Å²) in [7, 11) is 0. The van der Waals surface area contributed by atoms with E-state index in [-0.39, 0.29) is 23.2 Å². The summed E-state index contributed by atoms with van der Waals surface area (Å²) < 4.78 is 5.24. The number of ether oxygens (including phenoxy) is 1. The second-order valence-electron chi connectivity index (χ2n) is 6.77. The molecule has 1 N–H and O–H groups in total. The van der Waals surface area contributed by atoms with Crippen LogP contribution in [0.25, 0.3) is 6.08 Å². The standard InChI is InChI=1S/C22H22N4O5/c1-4-25(5-2)19-11-6-15(13-20(19)26(29)30)12-18-22(28)31-21(24-18)16-7-9-17(10-8-16)23-14(3)27/h6-13H,4-5H2,1-3H3,(H,23,27). The Balaban J connectivity index is 1.90. The summed E-state index contributed by atoms with van der Waals surface area (Å²) in [6.45, 7) is 6.54. The lowest BCUT2D eigenvalue weighted by molar-refractivity contribution is -0.384. The predicted molar refractivity (Wildman–Crippen MR) is 118 cm³/mol. The summed E-state index contributed by atoms with van der Waals surface area (Å²) in [5.41, 5.74) is 2.18. The van der Waals surface area contributed by atoms with Crippen LogP contribution in [0.4, 0.5) is 17.1 Å². The molecule has 0 saturated heterocycles. The van der Waals surface area contributed by atoms with Crippen LogP contribution in [0.15, 0.2) is 53.2 Å². The molecule has 0 aliphatic carbocycles. The zero-order valence-corrected chi connectivity index (χ0v) is 17.4. The van der Waals surface area contributed by atoms with E-state index in [4.69, 9.17) is 4.74 Å². The third-order valence-corrected chi connectivity index (χ3v) is 4.68. The molecule has 9 heteroatoms. The normalized spacial score (nSPS) is 14.2. The van der Waals surface area contributed by atoms with Gasteiger partial charge in [0.15, 0.2) is 5.70 Å². The second-order valence-corrected chi connectivity index (χ2v) is 6.77. The zero-order valence-electron chi connectivity index (χ0n) is 17.4. The van der Waals surface area contributed by atoms with E-state index >= 15 is 0 Å². The topological polar surface area (TPSA) is 114 Å². The van der Waals surface area contributed by atoms with Gasteiger partial charge in [-0.2, -0.15) is 0 Å². The molecule has 0 spiro atoms. The van der Waals surface area contributed by atoms with Crippen molar-refractivity contribution in [3.05, 3.63) is 69.4 Å². The maximum absolute atomic E-state index is 12.3. The van der Waals surface area contributed by atoms with E-state index in [1.54, 1.807) is 36.4 Å². The zero-order chi connectivity index (χ0) is 22.5. The quantitative estimate of drug-likeness (QED) is 0.315. The summed E-state index contributed by atoms with van der Waals surface area (Å²) in [6.07, 6.45) is 1.46. The molecule has 160 valence electrons. The first-order valence-corrected chi connectivity index (χ1v) is 9.76. The van der Waals surface area contributed by atoms with Gasteiger partial charge in [-0.1, -0.05) is 6.07 Å². The van der Waals surface area contributed by atoms with E-state index in [1.807, 2.05) is 18.7 Å². The fourth-order valence-corrected chi connectivity index (χ4v) is 3.20. The number of carbonyl (C=O) groups is 2. The first-order chi connectivity index (χ1) is 14.8. The smallest absolute Gasteiger partial charge is 0.363 e. The summed E-state index contributed by atoms with van der Waals surface area (Å²) in [5.74, 6) is -0.708. The van der Waals surface area contributed by atoms with Crippen LogP contribution >= 0.6 is 0 Å². The maximum atomic E-state index is 12.3. The van der Waals surface area contributed by atoms with Crippen LogP contribution in [-0.4, -0.2) is 35.8 Å². The van der Waals surface area contributed by atoms with Gasteiger partial charge in [-0.3, -0.25) is 14.9 Å². The van der Waals surface area contributed by atoms with Crippen LogP contribution in [0.3, 0.4) is 0 Å². The van der Waals surface area contributed by atoms with Crippen molar-refractivity contribution in [1.29, 1.82) is 0 Å². The van der Waals surface area contributed by atoms with Crippen molar-refractivity contribution in [2.45, 2.75) is 20.8 Å². The van der Waals surface area contributed by atoms with Crippen molar-refractivity contribution < 1.29 is 19.2 Å². The summed E-state index contributed by atoms with van der Waals surface area (Å²) in [4.78, 5) is 40.6. The molecule has 0 radical (unpaired) electrons. The average Bonchev–Trinajstić information content (AvgIpc) is 3.10. The molecular formula is C22H22N4O5. The van der Waals surface area contributed by atoms with Crippen LogP contribution in [-0.2, 0) is 14.3 Å². The van der Waals surface area contributed by atoms with Crippen LogP contribution < -0.4 is 10.2 Å². The Kier molecular flexibility index (Phi) is 6.44. The summed E-state index contributed by atoms with van der Waals surface area (Å²) >= 11 is 0. The van der Waals surface area contributed by atoms with Crippen LogP contribution in [0, 0.1) is 10.1 Å². The molecule has 0 atom stereocenters. The fraction of sp³-hybridized carbons (Fsp3) is 0.227. The number of nitrogens with one attached hydrogen (secondary N) is 1. The molecule has 0 unspecified atom stereocenters. The molecule has 31 heavy (non-hydrogen) atoms. The van der Waals surface area contributed by atoms with Gasteiger partial charge in [-0.15, -0.1) is 0 Å². The number of benzene rings is 2. The number of carbonyl (C=O) groups excluding carboxylic acids is 2. The van der Waals surface area contributed by atoms with Gasteiger partial charge in [-0.25, -0.2) is 9.79 Å². The lowest BCUT2D eigenvalue weighted by Crippen LogP contribution is -2.22. The number of nitro benzene ring substituents is 1. The number of cyclic esters (lactones) is 1. The van der Waals surface area contributed by atoms with Gasteiger partial charge in [0.2, 0.25) is 11.8 Å². The molecule has 3 rings (SSSR count).